The summed E-state index contributed by atoms with van der Waals surface area (Å²) < 4.78 is 2.17. The Morgan fingerprint density at radius 3 is 2.89 bits per heavy atom. The highest BCUT2D eigenvalue weighted by atomic mass is 15.0. The molecular formula is C7H13N2+. The van der Waals surface area contributed by atoms with Gasteiger partial charge in [0.15, 0.2) is 0 Å². The SMILES string of the molecule is CCC(C)[n+]1cc[nH]c1. The first kappa shape index (κ1) is 6.33. The van der Waals surface area contributed by atoms with Gasteiger partial charge in [-0.25, -0.2) is 4.57 Å². The Bertz CT molecular complexity index is 155. The standard InChI is InChI=1S/C7H12N2/c1-3-7(2)9-5-4-8-6-9/h4-7H,3H2,1-2H3/p+1. The Morgan fingerprint density at radius 1 is 1.67 bits per heavy atom. The molecule has 0 saturated carbocycles. The highest BCUT2D eigenvalue weighted by Gasteiger charge is 2.03. The summed E-state index contributed by atoms with van der Waals surface area (Å²) in [6.45, 7) is 4.39. The van der Waals surface area contributed by atoms with Gasteiger partial charge >= 0.3 is 0 Å². The van der Waals surface area contributed by atoms with Gasteiger partial charge in [0.1, 0.15) is 12.4 Å². The fourth-order valence-electron chi connectivity index (χ4n) is 0.786. The first-order valence-electron chi connectivity index (χ1n) is 3.38. The molecule has 1 unspecified atom stereocenters. The maximum atomic E-state index is 3.01. The highest BCUT2D eigenvalue weighted by molar-refractivity contribution is 4.57. The molecular weight excluding hydrogens is 112 g/mol. The Hall–Kier alpha value is -0.790. The van der Waals surface area contributed by atoms with Crippen molar-refractivity contribution in [2.24, 2.45) is 0 Å². The third kappa shape index (κ3) is 1.31. The van der Waals surface area contributed by atoms with Crippen LogP contribution in [-0.4, -0.2) is 4.98 Å². The average Bonchev–Trinajstić information content (AvgIpc) is 2.37. The van der Waals surface area contributed by atoms with Crippen molar-refractivity contribution >= 4 is 0 Å². The second kappa shape index (κ2) is 2.67. The number of rotatable bonds is 2. The maximum absolute atomic E-state index is 3.01. The van der Waals surface area contributed by atoms with Crippen molar-refractivity contribution in [3.8, 4) is 0 Å². The van der Waals surface area contributed by atoms with Gasteiger partial charge in [0.25, 0.3) is 0 Å². The Morgan fingerprint density at radius 2 is 2.44 bits per heavy atom. The zero-order valence-corrected chi connectivity index (χ0v) is 5.96. The summed E-state index contributed by atoms with van der Waals surface area (Å²) in [6.07, 6.45) is 7.15. The lowest BCUT2D eigenvalue weighted by molar-refractivity contribution is -0.718. The molecule has 2 nitrogen and oxygen atoms in total. The molecule has 0 bridgehead atoms. The van der Waals surface area contributed by atoms with Gasteiger partial charge in [0, 0.05) is 0 Å². The molecule has 0 saturated heterocycles. The van der Waals surface area contributed by atoms with Gasteiger partial charge in [0.2, 0.25) is 6.33 Å². The predicted molar refractivity (Wildman–Crippen MR) is 36.0 cm³/mol. The molecule has 1 aromatic heterocycles. The number of aromatic nitrogens is 2. The Kier molecular flexibility index (Phi) is 1.88. The van der Waals surface area contributed by atoms with Crippen molar-refractivity contribution in [1.29, 1.82) is 0 Å². The molecule has 0 aromatic carbocycles. The molecule has 1 heterocycles. The number of hydrogen-bond acceptors (Lipinski definition) is 0. The van der Waals surface area contributed by atoms with Crippen LogP contribution < -0.4 is 4.57 Å². The van der Waals surface area contributed by atoms with E-state index in [0.29, 0.717) is 6.04 Å². The van der Waals surface area contributed by atoms with E-state index in [2.05, 4.69) is 23.4 Å². The molecule has 1 rings (SSSR count). The zero-order valence-electron chi connectivity index (χ0n) is 5.96. The van der Waals surface area contributed by atoms with E-state index in [0.717, 1.165) is 0 Å². The maximum Gasteiger partial charge on any atom is 0.241 e. The molecule has 0 spiro atoms. The smallest absolute Gasteiger partial charge is 0.241 e. The summed E-state index contributed by atoms with van der Waals surface area (Å²) in [5.41, 5.74) is 0. The molecule has 2 heteroatoms. The van der Waals surface area contributed by atoms with Crippen LogP contribution >= 0.6 is 0 Å². The van der Waals surface area contributed by atoms with E-state index in [1.54, 1.807) is 0 Å². The monoisotopic (exact) mass is 125 g/mol. The van der Waals surface area contributed by atoms with Crippen molar-refractivity contribution in [3.05, 3.63) is 18.7 Å². The molecule has 0 aliphatic heterocycles. The molecule has 9 heavy (non-hydrogen) atoms. The minimum atomic E-state index is 0.622. The van der Waals surface area contributed by atoms with Crippen molar-refractivity contribution < 1.29 is 4.57 Å². The van der Waals surface area contributed by atoms with E-state index in [1.165, 1.54) is 6.42 Å². The van der Waals surface area contributed by atoms with Crippen LogP contribution in [0.15, 0.2) is 18.7 Å². The largest absolute Gasteiger partial charge is 0.250 e. The topological polar surface area (TPSA) is 19.7 Å². The van der Waals surface area contributed by atoms with Crippen molar-refractivity contribution in [2.45, 2.75) is 26.3 Å². The molecule has 0 aliphatic carbocycles. The first-order valence-corrected chi connectivity index (χ1v) is 3.38. The fourth-order valence-corrected chi connectivity index (χ4v) is 0.786. The molecule has 0 fully saturated rings. The van der Waals surface area contributed by atoms with Crippen LogP contribution in [0.25, 0.3) is 0 Å². The van der Waals surface area contributed by atoms with E-state index >= 15 is 0 Å². The van der Waals surface area contributed by atoms with E-state index in [4.69, 9.17) is 0 Å². The number of H-pyrrole nitrogens is 1. The summed E-state index contributed by atoms with van der Waals surface area (Å²) in [5.74, 6) is 0. The third-order valence-electron chi connectivity index (χ3n) is 1.67. The summed E-state index contributed by atoms with van der Waals surface area (Å²) in [5, 5.41) is 0. The van der Waals surface area contributed by atoms with Crippen LogP contribution in [0.3, 0.4) is 0 Å². The summed E-state index contributed by atoms with van der Waals surface area (Å²) in [7, 11) is 0. The number of nitrogens with one attached hydrogen (secondary N) is 1. The quantitative estimate of drug-likeness (QED) is 0.574. The molecule has 1 aromatic rings. The fraction of sp³-hybridized carbons (Fsp3) is 0.571. The van der Waals surface area contributed by atoms with Gasteiger partial charge in [-0.05, 0) is 13.3 Å². The summed E-state index contributed by atoms with van der Waals surface area (Å²) in [6, 6.07) is 0.622. The molecule has 50 valence electrons. The van der Waals surface area contributed by atoms with Gasteiger partial charge < -0.3 is 0 Å². The van der Waals surface area contributed by atoms with E-state index < -0.39 is 0 Å². The number of imidazole rings is 1. The van der Waals surface area contributed by atoms with Crippen LogP contribution in [0.5, 0.6) is 0 Å². The van der Waals surface area contributed by atoms with Crippen LogP contribution in [-0.2, 0) is 0 Å². The average molecular weight is 125 g/mol. The van der Waals surface area contributed by atoms with Gasteiger partial charge in [-0.1, -0.05) is 6.92 Å². The second-order valence-corrected chi connectivity index (χ2v) is 2.32. The second-order valence-electron chi connectivity index (χ2n) is 2.32. The lowest BCUT2D eigenvalue weighted by atomic mass is 10.3. The minimum Gasteiger partial charge on any atom is -0.250 e. The van der Waals surface area contributed by atoms with Gasteiger partial charge in [-0.15, -0.1) is 0 Å². The molecule has 0 radical (unpaired) electrons. The number of hydrogen-bond donors (Lipinski definition) is 1. The summed E-state index contributed by atoms with van der Waals surface area (Å²) in [4.78, 5) is 3.01. The highest BCUT2D eigenvalue weighted by Crippen LogP contribution is 1.96. The van der Waals surface area contributed by atoms with E-state index in [1.807, 2.05) is 18.7 Å². The Balaban J connectivity index is 2.65. The molecule has 1 N–H and O–H groups in total. The van der Waals surface area contributed by atoms with Crippen LogP contribution in [0, 0.1) is 0 Å². The number of aromatic amines is 1. The van der Waals surface area contributed by atoms with Crippen molar-refractivity contribution in [1.82, 2.24) is 4.98 Å². The third-order valence-corrected chi connectivity index (χ3v) is 1.67. The van der Waals surface area contributed by atoms with Crippen molar-refractivity contribution in [2.75, 3.05) is 0 Å². The zero-order chi connectivity index (χ0) is 6.69. The lowest BCUT2D eigenvalue weighted by Gasteiger charge is -2.00. The number of nitrogens with zero attached hydrogens (tertiary/aromatic N) is 1. The molecule has 0 amide bonds. The lowest BCUT2D eigenvalue weighted by Crippen LogP contribution is -2.34. The van der Waals surface area contributed by atoms with Gasteiger partial charge in [0.05, 0.1) is 6.04 Å². The van der Waals surface area contributed by atoms with E-state index in [9.17, 15) is 0 Å². The summed E-state index contributed by atoms with van der Waals surface area (Å²) >= 11 is 0. The first-order chi connectivity index (χ1) is 4.34. The molecule has 0 aliphatic rings. The minimum absolute atomic E-state index is 0.622. The normalized spacial score (nSPS) is 13.6. The van der Waals surface area contributed by atoms with Crippen LogP contribution in [0.4, 0.5) is 0 Å². The predicted octanol–water partition coefficient (Wildman–Crippen LogP) is 1.27. The Labute approximate surface area is 55.5 Å². The van der Waals surface area contributed by atoms with E-state index in [-0.39, 0.29) is 0 Å². The van der Waals surface area contributed by atoms with Gasteiger partial charge in [-0.3, -0.25) is 4.98 Å². The van der Waals surface area contributed by atoms with Gasteiger partial charge in [-0.2, -0.15) is 0 Å². The van der Waals surface area contributed by atoms with Crippen LogP contribution in [0.1, 0.15) is 26.3 Å². The molecule has 1 atom stereocenters. The van der Waals surface area contributed by atoms with Crippen LogP contribution in [0.2, 0.25) is 0 Å². The van der Waals surface area contributed by atoms with Crippen molar-refractivity contribution in [3.63, 3.8) is 0 Å².